The van der Waals surface area contributed by atoms with Crippen LogP contribution in [0.25, 0.3) is 0 Å². The minimum Gasteiger partial charge on any atom is -0.369 e. The average Bonchev–Trinajstić information content (AvgIpc) is 2.53. The molecule has 4 nitrogen and oxygen atoms in total. The molecule has 4 heteroatoms. The topological polar surface area (TPSA) is 61.3 Å². The molecule has 0 amide bonds. The van der Waals surface area contributed by atoms with Gasteiger partial charge in [0.15, 0.2) is 5.76 Å². The molecule has 1 rings (SSSR count). The van der Waals surface area contributed by atoms with Crippen LogP contribution in [0.2, 0.25) is 0 Å². The normalized spacial score (nSPS) is 10.1. The lowest BCUT2D eigenvalue weighted by molar-refractivity contribution is 0.125. The standard InChI is InChI=1S/C8H12N2O2/c1-2-3-11-6-8-4-7(5-9)10-12-8/h2,4H,1,3,5-6,9H2. The van der Waals surface area contributed by atoms with Crippen LogP contribution < -0.4 is 5.73 Å². The van der Waals surface area contributed by atoms with Gasteiger partial charge in [0.1, 0.15) is 6.61 Å². The maximum absolute atomic E-state index is 5.34. The minimum atomic E-state index is 0.394. The molecule has 0 aliphatic rings. The molecule has 0 atom stereocenters. The molecule has 12 heavy (non-hydrogen) atoms. The summed E-state index contributed by atoms with van der Waals surface area (Å²) < 4.78 is 10.0. The Morgan fingerprint density at radius 3 is 3.17 bits per heavy atom. The maximum atomic E-state index is 5.34. The van der Waals surface area contributed by atoms with Gasteiger partial charge in [0.05, 0.1) is 12.3 Å². The summed E-state index contributed by atoms with van der Waals surface area (Å²) in [5.74, 6) is 0.692. The molecule has 0 bridgehead atoms. The highest BCUT2D eigenvalue weighted by Crippen LogP contribution is 2.03. The molecule has 2 N–H and O–H groups in total. The molecule has 1 aromatic heterocycles. The van der Waals surface area contributed by atoms with Crippen LogP contribution in [0.15, 0.2) is 23.2 Å². The van der Waals surface area contributed by atoms with E-state index in [0.717, 1.165) is 5.69 Å². The van der Waals surface area contributed by atoms with Crippen molar-refractivity contribution < 1.29 is 9.26 Å². The maximum Gasteiger partial charge on any atom is 0.162 e. The van der Waals surface area contributed by atoms with E-state index in [2.05, 4.69) is 11.7 Å². The van der Waals surface area contributed by atoms with E-state index in [1.165, 1.54) is 0 Å². The molecule has 1 aromatic rings. The van der Waals surface area contributed by atoms with E-state index in [1.54, 1.807) is 12.1 Å². The van der Waals surface area contributed by atoms with Gasteiger partial charge in [-0.25, -0.2) is 0 Å². The molecule has 0 saturated heterocycles. The van der Waals surface area contributed by atoms with Gasteiger partial charge in [-0.15, -0.1) is 6.58 Å². The first kappa shape index (κ1) is 8.96. The fraction of sp³-hybridized carbons (Fsp3) is 0.375. The third-order valence-corrected chi connectivity index (χ3v) is 1.30. The fourth-order valence-electron chi connectivity index (χ4n) is 0.763. The number of aromatic nitrogens is 1. The molecule has 0 saturated carbocycles. The molecule has 0 fully saturated rings. The number of rotatable bonds is 5. The number of ether oxygens (including phenoxy) is 1. The number of nitrogens with two attached hydrogens (primary N) is 1. The predicted octanol–water partition coefficient (Wildman–Crippen LogP) is 0.836. The van der Waals surface area contributed by atoms with Gasteiger partial charge in [-0.2, -0.15) is 0 Å². The number of nitrogens with zero attached hydrogens (tertiary/aromatic N) is 1. The Kier molecular flexibility index (Phi) is 3.50. The lowest BCUT2D eigenvalue weighted by Crippen LogP contribution is -1.95. The van der Waals surface area contributed by atoms with E-state index in [4.69, 9.17) is 15.0 Å². The van der Waals surface area contributed by atoms with Crippen molar-refractivity contribution in [3.63, 3.8) is 0 Å². The van der Waals surface area contributed by atoms with Crippen LogP contribution in [0.4, 0.5) is 0 Å². The Morgan fingerprint density at radius 1 is 1.75 bits per heavy atom. The molecule has 0 aliphatic heterocycles. The highest BCUT2D eigenvalue weighted by molar-refractivity contribution is 5.03. The van der Waals surface area contributed by atoms with Gasteiger partial charge in [-0.3, -0.25) is 0 Å². The molecule has 0 spiro atoms. The second kappa shape index (κ2) is 4.69. The summed E-state index contributed by atoms with van der Waals surface area (Å²) >= 11 is 0. The van der Waals surface area contributed by atoms with Gasteiger partial charge >= 0.3 is 0 Å². The van der Waals surface area contributed by atoms with Crippen LogP contribution in [-0.4, -0.2) is 11.8 Å². The third kappa shape index (κ3) is 2.48. The van der Waals surface area contributed by atoms with Gasteiger partial charge < -0.3 is 15.0 Å². The van der Waals surface area contributed by atoms with Crippen molar-refractivity contribution in [3.05, 3.63) is 30.2 Å². The quantitative estimate of drug-likeness (QED) is 0.522. The SMILES string of the molecule is C=CCOCc1cc(CN)no1. The summed E-state index contributed by atoms with van der Waals surface area (Å²) in [6.07, 6.45) is 1.68. The first-order valence-electron chi connectivity index (χ1n) is 3.70. The highest BCUT2D eigenvalue weighted by atomic mass is 16.5. The zero-order chi connectivity index (χ0) is 8.81. The lowest BCUT2D eigenvalue weighted by atomic mass is 10.4. The Labute approximate surface area is 71.0 Å². The average molecular weight is 168 g/mol. The second-order valence-electron chi connectivity index (χ2n) is 2.29. The number of hydrogen-bond acceptors (Lipinski definition) is 4. The highest BCUT2D eigenvalue weighted by Gasteiger charge is 2.01. The summed E-state index contributed by atoms with van der Waals surface area (Å²) in [5.41, 5.74) is 6.08. The van der Waals surface area contributed by atoms with Crippen LogP contribution >= 0.6 is 0 Å². The molecular formula is C8H12N2O2. The van der Waals surface area contributed by atoms with Crippen molar-refractivity contribution in [2.45, 2.75) is 13.2 Å². The Hall–Kier alpha value is -1.13. The molecule has 66 valence electrons. The summed E-state index contributed by atoms with van der Waals surface area (Å²) in [5, 5.41) is 3.71. The Balaban J connectivity index is 2.36. The molecular weight excluding hydrogens is 156 g/mol. The molecule has 0 radical (unpaired) electrons. The molecule has 0 unspecified atom stereocenters. The summed E-state index contributed by atoms with van der Waals surface area (Å²) in [7, 11) is 0. The zero-order valence-corrected chi connectivity index (χ0v) is 6.82. The van der Waals surface area contributed by atoms with Crippen LogP contribution in [0.5, 0.6) is 0 Å². The van der Waals surface area contributed by atoms with E-state index in [-0.39, 0.29) is 0 Å². The first-order chi connectivity index (χ1) is 5.86. The van der Waals surface area contributed by atoms with Crippen molar-refractivity contribution >= 4 is 0 Å². The van der Waals surface area contributed by atoms with E-state index < -0.39 is 0 Å². The van der Waals surface area contributed by atoms with E-state index in [1.807, 2.05) is 0 Å². The van der Waals surface area contributed by atoms with E-state index in [9.17, 15) is 0 Å². The van der Waals surface area contributed by atoms with Gasteiger partial charge in [0, 0.05) is 12.6 Å². The van der Waals surface area contributed by atoms with Crippen molar-refractivity contribution in [3.8, 4) is 0 Å². The fourth-order valence-corrected chi connectivity index (χ4v) is 0.763. The molecule has 0 aliphatic carbocycles. The van der Waals surface area contributed by atoms with Crippen molar-refractivity contribution in [2.24, 2.45) is 5.73 Å². The number of hydrogen-bond donors (Lipinski definition) is 1. The molecule has 1 heterocycles. The van der Waals surface area contributed by atoms with Crippen molar-refractivity contribution in [1.82, 2.24) is 5.16 Å². The summed E-state index contributed by atoms with van der Waals surface area (Å²) in [6, 6.07) is 1.78. The Morgan fingerprint density at radius 2 is 2.58 bits per heavy atom. The van der Waals surface area contributed by atoms with Crippen LogP contribution in [0.1, 0.15) is 11.5 Å². The smallest absolute Gasteiger partial charge is 0.162 e. The van der Waals surface area contributed by atoms with Crippen LogP contribution in [0.3, 0.4) is 0 Å². The van der Waals surface area contributed by atoms with Gasteiger partial charge in [0.2, 0.25) is 0 Å². The predicted molar refractivity (Wildman–Crippen MR) is 44.2 cm³/mol. The van der Waals surface area contributed by atoms with E-state index >= 15 is 0 Å². The largest absolute Gasteiger partial charge is 0.369 e. The lowest BCUT2D eigenvalue weighted by Gasteiger charge is -1.93. The van der Waals surface area contributed by atoms with Gasteiger partial charge in [0.25, 0.3) is 0 Å². The van der Waals surface area contributed by atoms with Crippen LogP contribution in [0, 0.1) is 0 Å². The first-order valence-corrected chi connectivity index (χ1v) is 3.70. The summed E-state index contributed by atoms with van der Waals surface area (Å²) in [4.78, 5) is 0. The zero-order valence-electron chi connectivity index (χ0n) is 6.82. The second-order valence-corrected chi connectivity index (χ2v) is 2.29. The monoisotopic (exact) mass is 168 g/mol. The van der Waals surface area contributed by atoms with Crippen molar-refractivity contribution in [2.75, 3.05) is 6.61 Å². The Bertz CT molecular complexity index is 245. The van der Waals surface area contributed by atoms with Gasteiger partial charge in [-0.1, -0.05) is 11.2 Å². The van der Waals surface area contributed by atoms with E-state index in [0.29, 0.717) is 25.5 Å². The summed E-state index contributed by atoms with van der Waals surface area (Å²) in [6.45, 7) is 4.84. The van der Waals surface area contributed by atoms with Crippen LogP contribution in [-0.2, 0) is 17.9 Å². The molecule has 0 aromatic carbocycles. The van der Waals surface area contributed by atoms with Crippen molar-refractivity contribution in [1.29, 1.82) is 0 Å². The van der Waals surface area contributed by atoms with Gasteiger partial charge in [-0.05, 0) is 0 Å². The third-order valence-electron chi connectivity index (χ3n) is 1.30. The minimum absolute atomic E-state index is 0.394.